The number of rotatable bonds is 5. The van der Waals surface area contributed by atoms with Crippen LogP contribution in [0.15, 0.2) is 18.2 Å². The van der Waals surface area contributed by atoms with Gasteiger partial charge in [0, 0.05) is 12.6 Å². The number of carbonyl (C=O) groups excluding carboxylic acids is 1. The molecule has 0 bridgehead atoms. The van der Waals surface area contributed by atoms with Crippen LogP contribution in [-0.4, -0.2) is 49.7 Å². The van der Waals surface area contributed by atoms with Gasteiger partial charge in [0.2, 0.25) is 5.91 Å². The molecule has 0 radical (unpaired) electrons. The lowest BCUT2D eigenvalue weighted by Gasteiger charge is -2.24. The molecule has 1 aromatic rings. The molecule has 120 valence electrons. The Balaban J connectivity index is 1.49. The van der Waals surface area contributed by atoms with Crippen LogP contribution in [0.1, 0.15) is 25.3 Å². The van der Waals surface area contributed by atoms with Crippen molar-refractivity contribution in [2.45, 2.75) is 32.2 Å². The molecule has 22 heavy (non-hydrogen) atoms. The normalized spacial score (nSPS) is 19.0. The van der Waals surface area contributed by atoms with Crippen LogP contribution >= 0.6 is 0 Å². The molecule has 5 nitrogen and oxygen atoms in total. The zero-order chi connectivity index (χ0) is 15.4. The predicted molar refractivity (Wildman–Crippen MR) is 84.4 cm³/mol. The Kier molecular flexibility index (Phi) is 4.83. The fourth-order valence-electron chi connectivity index (χ4n) is 3.02. The lowest BCUT2D eigenvalue weighted by atomic mass is 10.1. The van der Waals surface area contributed by atoms with Crippen molar-refractivity contribution < 1.29 is 14.3 Å². The molecule has 2 aliphatic heterocycles. The predicted octanol–water partition coefficient (Wildman–Crippen LogP) is 1.60. The van der Waals surface area contributed by atoms with E-state index in [2.05, 4.69) is 17.1 Å². The lowest BCUT2D eigenvalue weighted by molar-refractivity contribution is -0.120. The van der Waals surface area contributed by atoms with Gasteiger partial charge in [0.25, 0.3) is 0 Å². The van der Waals surface area contributed by atoms with Crippen LogP contribution in [0.5, 0.6) is 11.5 Å². The van der Waals surface area contributed by atoms with Crippen LogP contribution in [0.3, 0.4) is 0 Å². The summed E-state index contributed by atoms with van der Waals surface area (Å²) in [6, 6.07) is 6.12. The summed E-state index contributed by atoms with van der Waals surface area (Å²) in [5.41, 5.74) is 0.954. The summed E-state index contributed by atoms with van der Waals surface area (Å²) < 4.78 is 11.0. The van der Waals surface area contributed by atoms with Crippen LogP contribution in [0.2, 0.25) is 0 Å². The summed E-state index contributed by atoms with van der Waals surface area (Å²) in [4.78, 5) is 14.5. The third-order valence-electron chi connectivity index (χ3n) is 4.33. The number of likely N-dealkylation sites (tertiary alicyclic amines) is 1. The van der Waals surface area contributed by atoms with Gasteiger partial charge in [-0.1, -0.05) is 6.07 Å². The molecule has 5 heteroatoms. The van der Waals surface area contributed by atoms with Crippen molar-refractivity contribution in [3.05, 3.63) is 23.8 Å². The monoisotopic (exact) mass is 304 g/mol. The Morgan fingerprint density at radius 1 is 1.23 bits per heavy atom. The fraction of sp³-hybridized carbons (Fsp3) is 0.588. The van der Waals surface area contributed by atoms with E-state index in [9.17, 15) is 4.79 Å². The van der Waals surface area contributed by atoms with Gasteiger partial charge in [0.05, 0.1) is 6.42 Å². The molecule has 0 spiro atoms. The first-order valence-electron chi connectivity index (χ1n) is 8.11. The van der Waals surface area contributed by atoms with Crippen LogP contribution in [0, 0.1) is 0 Å². The molecule has 0 aromatic heterocycles. The lowest BCUT2D eigenvalue weighted by Crippen LogP contribution is -2.41. The molecule has 2 aliphatic rings. The van der Waals surface area contributed by atoms with E-state index in [1.807, 2.05) is 18.2 Å². The highest BCUT2D eigenvalue weighted by Crippen LogP contribution is 2.30. The summed E-state index contributed by atoms with van der Waals surface area (Å²) >= 11 is 0. The van der Waals surface area contributed by atoms with Gasteiger partial charge in [0.15, 0.2) is 11.5 Å². The molecule has 1 fully saturated rings. The number of carbonyl (C=O) groups is 1. The molecule has 1 saturated heterocycles. The van der Waals surface area contributed by atoms with Gasteiger partial charge in [-0.15, -0.1) is 0 Å². The van der Waals surface area contributed by atoms with Gasteiger partial charge in [-0.2, -0.15) is 0 Å². The number of amides is 1. The van der Waals surface area contributed by atoms with Crippen molar-refractivity contribution >= 4 is 5.91 Å². The van der Waals surface area contributed by atoms with Crippen molar-refractivity contribution in [2.75, 3.05) is 32.8 Å². The molecule has 3 rings (SSSR count). The first-order valence-corrected chi connectivity index (χ1v) is 8.11. The van der Waals surface area contributed by atoms with E-state index in [0.29, 0.717) is 32.2 Å². The fourth-order valence-corrected chi connectivity index (χ4v) is 3.02. The van der Waals surface area contributed by atoms with Crippen molar-refractivity contribution in [2.24, 2.45) is 0 Å². The number of ether oxygens (including phenoxy) is 2. The van der Waals surface area contributed by atoms with Crippen LogP contribution in [0.25, 0.3) is 0 Å². The van der Waals surface area contributed by atoms with E-state index in [1.54, 1.807) is 0 Å². The molecule has 0 saturated carbocycles. The third kappa shape index (κ3) is 3.71. The number of hydrogen-bond acceptors (Lipinski definition) is 4. The average molecular weight is 304 g/mol. The smallest absolute Gasteiger partial charge is 0.224 e. The largest absolute Gasteiger partial charge is 0.486 e. The SMILES string of the molecule is CC(CNC(=O)Cc1ccc2c(c1)OCCO2)N1CCCC1. The van der Waals surface area contributed by atoms with E-state index in [1.165, 1.54) is 12.8 Å². The first-order chi connectivity index (χ1) is 10.7. The zero-order valence-corrected chi connectivity index (χ0v) is 13.1. The van der Waals surface area contributed by atoms with E-state index < -0.39 is 0 Å². The number of hydrogen-bond donors (Lipinski definition) is 1. The van der Waals surface area contributed by atoms with E-state index >= 15 is 0 Å². The number of fused-ring (bicyclic) bond motifs is 1. The van der Waals surface area contributed by atoms with Gasteiger partial charge in [-0.05, 0) is 50.6 Å². The molecule has 1 unspecified atom stereocenters. The average Bonchev–Trinajstić information content (AvgIpc) is 3.07. The van der Waals surface area contributed by atoms with E-state index in [4.69, 9.17) is 9.47 Å². The van der Waals surface area contributed by atoms with Crippen LogP contribution in [0.4, 0.5) is 0 Å². The Morgan fingerprint density at radius 3 is 2.73 bits per heavy atom. The molecule has 1 N–H and O–H groups in total. The van der Waals surface area contributed by atoms with Crippen molar-refractivity contribution in [1.29, 1.82) is 0 Å². The van der Waals surface area contributed by atoms with Crippen molar-refractivity contribution in [3.8, 4) is 11.5 Å². The molecule has 1 atom stereocenters. The van der Waals surface area contributed by atoms with Gasteiger partial charge >= 0.3 is 0 Å². The molecular formula is C17H24N2O3. The second kappa shape index (κ2) is 7.01. The van der Waals surface area contributed by atoms with Gasteiger partial charge in [-0.3, -0.25) is 9.69 Å². The second-order valence-electron chi connectivity index (χ2n) is 6.05. The first kappa shape index (κ1) is 15.2. The second-order valence-corrected chi connectivity index (χ2v) is 6.05. The quantitative estimate of drug-likeness (QED) is 0.898. The Bertz CT molecular complexity index is 527. The highest BCUT2D eigenvalue weighted by Gasteiger charge is 2.18. The van der Waals surface area contributed by atoms with E-state index in [0.717, 1.165) is 30.2 Å². The Hall–Kier alpha value is -1.75. The van der Waals surface area contributed by atoms with Crippen LogP contribution < -0.4 is 14.8 Å². The maximum absolute atomic E-state index is 12.1. The Morgan fingerprint density at radius 2 is 1.95 bits per heavy atom. The summed E-state index contributed by atoms with van der Waals surface area (Å²) in [5.74, 6) is 1.56. The zero-order valence-electron chi connectivity index (χ0n) is 13.1. The minimum atomic E-state index is 0.0581. The summed E-state index contributed by atoms with van der Waals surface area (Å²) in [7, 11) is 0. The van der Waals surface area contributed by atoms with Crippen molar-refractivity contribution in [1.82, 2.24) is 10.2 Å². The standard InChI is InChI=1S/C17H24N2O3/c1-13(19-6-2-3-7-19)12-18-17(20)11-14-4-5-15-16(10-14)22-9-8-21-15/h4-5,10,13H,2-3,6-9,11-12H2,1H3,(H,18,20). The number of benzene rings is 1. The maximum atomic E-state index is 12.1. The molecule has 1 aromatic carbocycles. The highest BCUT2D eigenvalue weighted by molar-refractivity contribution is 5.78. The molecular weight excluding hydrogens is 280 g/mol. The topological polar surface area (TPSA) is 50.8 Å². The van der Waals surface area contributed by atoms with E-state index in [-0.39, 0.29) is 5.91 Å². The Labute approximate surface area is 131 Å². The highest BCUT2D eigenvalue weighted by atomic mass is 16.6. The van der Waals surface area contributed by atoms with Gasteiger partial charge in [0.1, 0.15) is 13.2 Å². The summed E-state index contributed by atoms with van der Waals surface area (Å²) in [5, 5.41) is 3.04. The van der Waals surface area contributed by atoms with Crippen LogP contribution in [-0.2, 0) is 11.2 Å². The molecule has 1 amide bonds. The molecule has 2 heterocycles. The number of nitrogens with one attached hydrogen (secondary N) is 1. The minimum absolute atomic E-state index is 0.0581. The van der Waals surface area contributed by atoms with Gasteiger partial charge in [-0.25, -0.2) is 0 Å². The van der Waals surface area contributed by atoms with Gasteiger partial charge < -0.3 is 14.8 Å². The third-order valence-corrected chi connectivity index (χ3v) is 4.33. The minimum Gasteiger partial charge on any atom is -0.486 e. The summed E-state index contributed by atoms with van der Waals surface area (Å²) in [6.45, 7) is 6.34. The summed E-state index contributed by atoms with van der Waals surface area (Å²) in [6.07, 6.45) is 2.92. The van der Waals surface area contributed by atoms with Crippen molar-refractivity contribution in [3.63, 3.8) is 0 Å². The molecule has 0 aliphatic carbocycles. The maximum Gasteiger partial charge on any atom is 0.224 e. The number of nitrogens with zero attached hydrogens (tertiary/aromatic N) is 1.